The molecule has 0 bridgehead atoms. The predicted octanol–water partition coefficient (Wildman–Crippen LogP) is 6.36. The topological polar surface area (TPSA) is 0 Å². The summed E-state index contributed by atoms with van der Waals surface area (Å²) < 4.78 is 0. The van der Waals surface area contributed by atoms with Crippen molar-refractivity contribution in [2.75, 3.05) is 0 Å². The van der Waals surface area contributed by atoms with Crippen molar-refractivity contribution in [2.45, 2.75) is 41.5 Å². The van der Waals surface area contributed by atoms with E-state index >= 15 is 0 Å². The maximum absolute atomic E-state index is 2.35. The minimum Gasteiger partial charge on any atom is -0.0628 e. The number of hydrogen-bond donors (Lipinski definition) is 0. The molecule has 0 spiro atoms. The first-order valence-electron chi connectivity index (χ1n) is 11.9. The van der Waals surface area contributed by atoms with Crippen molar-refractivity contribution in [1.82, 2.24) is 0 Å². The van der Waals surface area contributed by atoms with Crippen LogP contribution in [0.15, 0.2) is 78.9 Å². The molecule has 0 aliphatic carbocycles. The van der Waals surface area contributed by atoms with Gasteiger partial charge in [-0.1, -0.05) is 123 Å². The first kappa shape index (κ1) is 21.5. The zero-order chi connectivity index (χ0) is 23.3. The van der Waals surface area contributed by atoms with Gasteiger partial charge < -0.3 is 0 Å². The van der Waals surface area contributed by atoms with E-state index in [1.54, 1.807) is 0 Å². The largest absolute Gasteiger partial charge is 0.244 e. The van der Waals surface area contributed by atoms with E-state index in [-0.39, 0.29) is 6.71 Å². The smallest absolute Gasteiger partial charge is 0.0628 e. The Morgan fingerprint density at radius 3 is 1.18 bits per heavy atom. The minimum absolute atomic E-state index is 0.169. The molecule has 0 unspecified atom stereocenters. The van der Waals surface area contributed by atoms with Crippen molar-refractivity contribution < 1.29 is 0 Å². The molecular formula is C32H31B. The van der Waals surface area contributed by atoms with E-state index in [1.807, 2.05) is 0 Å². The van der Waals surface area contributed by atoms with Gasteiger partial charge in [0.05, 0.1) is 0 Å². The van der Waals surface area contributed by atoms with E-state index in [4.69, 9.17) is 0 Å². The second-order valence-electron chi connectivity index (χ2n) is 9.79. The molecule has 5 aromatic carbocycles. The van der Waals surface area contributed by atoms with Crippen LogP contribution in [0, 0.1) is 41.5 Å². The predicted molar refractivity (Wildman–Crippen MR) is 147 cm³/mol. The Labute approximate surface area is 198 Å². The highest BCUT2D eigenvalue weighted by molar-refractivity contribution is 6.99. The quantitative estimate of drug-likeness (QED) is 0.233. The van der Waals surface area contributed by atoms with Crippen LogP contribution in [0.5, 0.6) is 0 Å². The fourth-order valence-corrected chi connectivity index (χ4v) is 6.09. The van der Waals surface area contributed by atoms with E-state index < -0.39 is 0 Å². The summed E-state index contributed by atoms with van der Waals surface area (Å²) in [4.78, 5) is 0. The van der Waals surface area contributed by atoms with Gasteiger partial charge in [0.1, 0.15) is 0 Å². The summed E-state index contributed by atoms with van der Waals surface area (Å²) in [6.07, 6.45) is 0. The summed E-state index contributed by atoms with van der Waals surface area (Å²) >= 11 is 0. The van der Waals surface area contributed by atoms with Crippen LogP contribution in [0.25, 0.3) is 21.5 Å². The average Bonchev–Trinajstić information content (AvgIpc) is 2.75. The zero-order valence-corrected chi connectivity index (χ0v) is 20.6. The van der Waals surface area contributed by atoms with E-state index in [2.05, 4.69) is 120 Å². The normalized spacial score (nSPS) is 11.3. The standard InChI is InChI=1S/C32H31B/c1-20-15-22(3)30(23(4)16-20)33(31-24(5)17-21(2)18-25(31)6)32-28-13-9-7-11-26(28)19-27-12-8-10-14-29(27)32/h7-19H,1-6H3. The Morgan fingerprint density at radius 2 is 0.788 bits per heavy atom. The lowest BCUT2D eigenvalue weighted by molar-refractivity contribution is 1.34. The highest BCUT2D eigenvalue weighted by atomic mass is 14.1. The van der Waals surface area contributed by atoms with Crippen LogP contribution in [-0.4, -0.2) is 6.71 Å². The summed E-state index contributed by atoms with van der Waals surface area (Å²) in [7, 11) is 0. The van der Waals surface area contributed by atoms with Gasteiger partial charge in [0, 0.05) is 0 Å². The number of aryl methyl sites for hydroxylation is 6. The first-order chi connectivity index (χ1) is 15.8. The highest BCUT2D eigenvalue weighted by Gasteiger charge is 2.31. The van der Waals surface area contributed by atoms with Crippen LogP contribution in [0.4, 0.5) is 0 Å². The lowest BCUT2D eigenvalue weighted by Crippen LogP contribution is -2.56. The van der Waals surface area contributed by atoms with Gasteiger partial charge in [-0.25, -0.2) is 0 Å². The van der Waals surface area contributed by atoms with Gasteiger partial charge in [0.2, 0.25) is 6.71 Å². The Balaban J connectivity index is 2.01. The molecule has 0 aliphatic heterocycles. The Bertz CT molecular complexity index is 1370. The summed E-state index contributed by atoms with van der Waals surface area (Å²) in [6.45, 7) is 13.7. The van der Waals surface area contributed by atoms with Crippen molar-refractivity contribution in [3.63, 3.8) is 0 Å². The molecule has 0 aliphatic rings. The number of fused-ring (bicyclic) bond motifs is 2. The van der Waals surface area contributed by atoms with E-state index in [9.17, 15) is 0 Å². The molecule has 0 radical (unpaired) electrons. The maximum Gasteiger partial charge on any atom is 0.244 e. The molecule has 33 heavy (non-hydrogen) atoms. The zero-order valence-electron chi connectivity index (χ0n) is 20.6. The lowest BCUT2D eigenvalue weighted by Gasteiger charge is -2.27. The third kappa shape index (κ3) is 3.66. The van der Waals surface area contributed by atoms with Crippen LogP contribution in [0.3, 0.4) is 0 Å². The summed E-state index contributed by atoms with van der Waals surface area (Å²) in [5.74, 6) is 0. The summed E-state index contributed by atoms with van der Waals surface area (Å²) in [5, 5.41) is 5.31. The molecular weight excluding hydrogens is 395 g/mol. The second-order valence-corrected chi connectivity index (χ2v) is 9.79. The van der Waals surface area contributed by atoms with Crippen LogP contribution in [0.2, 0.25) is 0 Å². The summed E-state index contributed by atoms with van der Waals surface area (Å²) in [6, 6.07) is 29.5. The number of rotatable bonds is 3. The van der Waals surface area contributed by atoms with E-state index in [0.29, 0.717) is 0 Å². The molecule has 0 nitrogen and oxygen atoms in total. The van der Waals surface area contributed by atoms with Crippen molar-refractivity contribution in [3.05, 3.63) is 112 Å². The summed E-state index contributed by atoms with van der Waals surface area (Å²) in [5.41, 5.74) is 12.4. The van der Waals surface area contributed by atoms with Crippen LogP contribution < -0.4 is 16.4 Å². The van der Waals surface area contributed by atoms with E-state index in [0.717, 1.165) is 0 Å². The monoisotopic (exact) mass is 426 g/mol. The van der Waals surface area contributed by atoms with Crippen LogP contribution >= 0.6 is 0 Å². The third-order valence-electron chi connectivity index (χ3n) is 7.16. The molecule has 0 aromatic heterocycles. The molecule has 0 atom stereocenters. The number of benzene rings is 5. The third-order valence-corrected chi connectivity index (χ3v) is 7.16. The van der Waals surface area contributed by atoms with Gasteiger partial charge in [-0.2, -0.15) is 0 Å². The van der Waals surface area contributed by atoms with E-state index in [1.165, 1.54) is 71.3 Å². The van der Waals surface area contributed by atoms with Crippen molar-refractivity contribution in [2.24, 2.45) is 0 Å². The SMILES string of the molecule is Cc1cc(C)c(B(c2c(C)cc(C)cc2C)c2c3ccccc3cc3ccccc23)c(C)c1. The average molecular weight is 426 g/mol. The fraction of sp³-hybridized carbons (Fsp3) is 0.188. The molecule has 162 valence electrons. The molecule has 5 aromatic rings. The molecule has 0 saturated carbocycles. The second kappa shape index (κ2) is 8.23. The van der Waals surface area contributed by atoms with Crippen molar-refractivity contribution in [1.29, 1.82) is 0 Å². The highest BCUT2D eigenvalue weighted by Crippen LogP contribution is 2.23. The molecule has 0 N–H and O–H groups in total. The maximum atomic E-state index is 2.35. The van der Waals surface area contributed by atoms with Gasteiger partial charge >= 0.3 is 0 Å². The molecule has 1 heteroatoms. The van der Waals surface area contributed by atoms with Gasteiger partial charge in [-0.15, -0.1) is 0 Å². The Kier molecular flexibility index (Phi) is 5.37. The Hall–Kier alpha value is -3.32. The first-order valence-corrected chi connectivity index (χ1v) is 11.9. The van der Waals surface area contributed by atoms with Gasteiger partial charge in [0.15, 0.2) is 0 Å². The van der Waals surface area contributed by atoms with Crippen molar-refractivity contribution in [3.8, 4) is 0 Å². The van der Waals surface area contributed by atoms with Gasteiger partial charge in [-0.05, 0) is 69.2 Å². The molecule has 0 amide bonds. The van der Waals surface area contributed by atoms with Crippen LogP contribution in [0.1, 0.15) is 33.4 Å². The molecule has 0 fully saturated rings. The fourth-order valence-electron chi connectivity index (χ4n) is 6.09. The van der Waals surface area contributed by atoms with Crippen LogP contribution in [-0.2, 0) is 0 Å². The van der Waals surface area contributed by atoms with Gasteiger partial charge in [0.25, 0.3) is 0 Å². The molecule has 0 heterocycles. The minimum atomic E-state index is 0.169. The van der Waals surface area contributed by atoms with Crippen molar-refractivity contribution >= 4 is 44.6 Å². The lowest BCUT2D eigenvalue weighted by atomic mass is 9.33. The molecule has 0 saturated heterocycles. The molecule has 5 rings (SSSR count). The Morgan fingerprint density at radius 1 is 0.424 bits per heavy atom. The number of hydrogen-bond acceptors (Lipinski definition) is 0. The van der Waals surface area contributed by atoms with Gasteiger partial charge in [-0.3, -0.25) is 0 Å².